The van der Waals surface area contributed by atoms with Gasteiger partial charge in [0, 0.05) is 38.8 Å². The van der Waals surface area contributed by atoms with Crippen LogP contribution >= 0.6 is 23.2 Å². The molecule has 9 heteroatoms. The van der Waals surface area contributed by atoms with Gasteiger partial charge in [-0.1, -0.05) is 65.7 Å². The summed E-state index contributed by atoms with van der Waals surface area (Å²) < 4.78 is 12.7. The van der Waals surface area contributed by atoms with Crippen molar-refractivity contribution < 1.29 is 18.9 Å². The molecule has 1 fully saturated rings. The number of amides is 2. The average molecular weight is 586 g/mol. The van der Waals surface area contributed by atoms with E-state index in [0.717, 1.165) is 0 Å². The van der Waals surface area contributed by atoms with E-state index in [4.69, 9.17) is 23.2 Å². The summed E-state index contributed by atoms with van der Waals surface area (Å²) in [7, 11) is -1.26. The van der Waals surface area contributed by atoms with Crippen LogP contribution in [0.3, 0.4) is 0 Å². The van der Waals surface area contributed by atoms with Crippen molar-refractivity contribution in [2.75, 3.05) is 12.3 Å². The Kier molecular flexibility index (Phi) is 8.72. The highest BCUT2D eigenvalue weighted by Gasteiger charge is 2.47. The van der Waals surface area contributed by atoms with Crippen LogP contribution in [-0.2, 0) is 15.6 Å². The molecule has 3 aromatic rings. The smallest absolute Gasteiger partial charge is 0.254 e. The number of aliphatic hydroxyl groups is 1. The van der Waals surface area contributed by atoms with Gasteiger partial charge in [-0.25, -0.2) is 0 Å². The second-order valence-corrected chi connectivity index (χ2v) is 12.4. The Morgan fingerprint density at radius 2 is 1.64 bits per heavy atom. The zero-order valence-corrected chi connectivity index (χ0v) is 23.6. The number of benzene rings is 3. The van der Waals surface area contributed by atoms with Gasteiger partial charge in [-0.15, -0.1) is 0 Å². The van der Waals surface area contributed by atoms with Crippen LogP contribution in [0.25, 0.3) is 0 Å². The summed E-state index contributed by atoms with van der Waals surface area (Å²) in [4.78, 5) is 30.5. The van der Waals surface area contributed by atoms with Crippen LogP contribution in [0.4, 0.5) is 0 Å². The van der Waals surface area contributed by atoms with E-state index in [9.17, 15) is 18.9 Å². The second-order valence-electron chi connectivity index (χ2n) is 10.0. The van der Waals surface area contributed by atoms with E-state index in [1.807, 2.05) is 30.3 Å². The molecule has 0 saturated heterocycles. The molecule has 0 bridgehead atoms. The first-order valence-corrected chi connectivity index (χ1v) is 15.2. The third-order valence-corrected chi connectivity index (χ3v) is 9.53. The van der Waals surface area contributed by atoms with Gasteiger partial charge in [-0.3, -0.25) is 13.8 Å². The second kappa shape index (κ2) is 12.2. The number of halogens is 2. The van der Waals surface area contributed by atoms with Gasteiger partial charge in [0.2, 0.25) is 5.91 Å². The monoisotopic (exact) mass is 584 g/mol. The molecule has 0 aromatic heterocycles. The Balaban J connectivity index is 1.51. The van der Waals surface area contributed by atoms with Crippen LogP contribution in [0.5, 0.6) is 0 Å². The number of carbonyl (C=O) groups is 2. The number of aliphatic hydroxyl groups excluding tert-OH is 1. The van der Waals surface area contributed by atoms with Crippen molar-refractivity contribution in [3.8, 4) is 0 Å². The summed E-state index contributed by atoms with van der Waals surface area (Å²) in [6.45, 7) is 0.212. The fraction of sp³-hybridized carbons (Fsp3) is 0.333. The number of fused-ring (bicyclic) bond motifs is 1. The maximum atomic E-state index is 14.0. The summed E-state index contributed by atoms with van der Waals surface area (Å²) in [6, 6.07) is 20.6. The molecule has 5 rings (SSSR count). The zero-order valence-electron chi connectivity index (χ0n) is 21.3. The first-order valence-electron chi connectivity index (χ1n) is 13.1. The van der Waals surface area contributed by atoms with Crippen molar-refractivity contribution in [2.45, 2.75) is 54.7 Å². The third-order valence-electron chi connectivity index (χ3n) is 7.59. The maximum Gasteiger partial charge on any atom is 0.254 e. The van der Waals surface area contributed by atoms with Crippen molar-refractivity contribution in [1.29, 1.82) is 0 Å². The van der Waals surface area contributed by atoms with Crippen LogP contribution in [0, 0.1) is 0 Å². The Morgan fingerprint density at radius 3 is 2.36 bits per heavy atom. The summed E-state index contributed by atoms with van der Waals surface area (Å²) >= 11 is 12.9. The molecule has 0 spiro atoms. The number of hydrogen-bond acceptors (Lipinski definition) is 4. The van der Waals surface area contributed by atoms with Crippen LogP contribution in [0.15, 0.2) is 77.7 Å². The molecule has 39 heavy (non-hydrogen) atoms. The van der Waals surface area contributed by atoms with Gasteiger partial charge in [-0.2, -0.15) is 0 Å². The van der Waals surface area contributed by atoms with Crippen molar-refractivity contribution in [3.63, 3.8) is 0 Å². The molecule has 1 saturated carbocycles. The van der Waals surface area contributed by atoms with E-state index >= 15 is 0 Å². The lowest BCUT2D eigenvalue weighted by atomic mass is 9.77. The molecule has 2 aliphatic rings. The SMILES string of the molecule is O=C(NCCS(=O)c1ccccc1)[C@@H]1c2ccccc2C(=O)N(C2CCC(O)CC2)[C@H]1c1ccc(Cl)cc1Cl. The predicted octanol–water partition coefficient (Wildman–Crippen LogP) is 5.50. The number of carbonyl (C=O) groups excluding carboxylic acids is 2. The summed E-state index contributed by atoms with van der Waals surface area (Å²) in [6.07, 6.45) is 2.02. The third kappa shape index (κ3) is 5.92. The Labute approximate surface area is 240 Å². The summed E-state index contributed by atoms with van der Waals surface area (Å²) in [5.74, 6) is -0.900. The Bertz CT molecular complexity index is 1380. The lowest BCUT2D eigenvalue weighted by Crippen LogP contribution is -2.52. The number of hydrogen-bond donors (Lipinski definition) is 2. The molecule has 1 heterocycles. The molecular weight excluding hydrogens is 555 g/mol. The van der Waals surface area contributed by atoms with E-state index in [1.54, 1.807) is 47.4 Å². The fourth-order valence-corrected chi connectivity index (χ4v) is 7.21. The molecular formula is C30H30Cl2N2O4S. The molecule has 2 amide bonds. The van der Waals surface area contributed by atoms with Gasteiger partial charge in [0.05, 0.1) is 28.9 Å². The van der Waals surface area contributed by atoms with Crippen LogP contribution in [-0.4, -0.2) is 50.5 Å². The average Bonchev–Trinajstić information content (AvgIpc) is 2.94. The normalized spacial score (nSPS) is 23.7. The minimum atomic E-state index is -1.26. The van der Waals surface area contributed by atoms with Crippen molar-refractivity contribution in [1.82, 2.24) is 10.2 Å². The predicted molar refractivity (Wildman–Crippen MR) is 154 cm³/mol. The topological polar surface area (TPSA) is 86.7 Å². The van der Waals surface area contributed by atoms with E-state index in [-0.39, 0.29) is 30.2 Å². The number of nitrogens with zero attached hydrogens (tertiary/aromatic N) is 1. The van der Waals surface area contributed by atoms with Crippen molar-refractivity contribution in [2.24, 2.45) is 0 Å². The highest BCUT2D eigenvalue weighted by molar-refractivity contribution is 7.85. The standard InChI is InChI=1S/C30H30Cl2N2O4S/c31-19-10-15-25(26(32)18-19)28-27(29(36)33-16-17-39(38)22-6-2-1-3-7-22)23-8-4-5-9-24(23)30(37)34(28)20-11-13-21(35)14-12-20/h1-10,15,18,20-21,27-28,35H,11-14,16-17H2,(H,33,36)/t20?,21?,27-,28+,39?/m1/s1. The molecule has 3 aromatic carbocycles. The minimum absolute atomic E-state index is 0.155. The van der Waals surface area contributed by atoms with Crippen molar-refractivity contribution >= 4 is 45.8 Å². The van der Waals surface area contributed by atoms with E-state index < -0.39 is 28.9 Å². The van der Waals surface area contributed by atoms with Crippen molar-refractivity contribution in [3.05, 3.63) is 99.5 Å². The molecule has 0 radical (unpaired) electrons. The fourth-order valence-electron chi connectivity index (χ4n) is 5.71. The first-order chi connectivity index (χ1) is 18.8. The highest BCUT2D eigenvalue weighted by Crippen LogP contribution is 2.47. The van der Waals surface area contributed by atoms with E-state index in [0.29, 0.717) is 57.3 Å². The van der Waals surface area contributed by atoms with E-state index in [2.05, 4.69) is 5.32 Å². The number of nitrogens with one attached hydrogen (secondary N) is 1. The lowest BCUT2D eigenvalue weighted by Gasteiger charge is -2.47. The first kappa shape index (κ1) is 27.8. The van der Waals surface area contributed by atoms with Gasteiger partial charge < -0.3 is 15.3 Å². The van der Waals surface area contributed by atoms with Crippen LogP contribution < -0.4 is 5.32 Å². The maximum absolute atomic E-state index is 14.0. The van der Waals surface area contributed by atoms with Gasteiger partial charge in [0.25, 0.3) is 5.91 Å². The largest absolute Gasteiger partial charge is 0.393 e. The quantitative estimate of drug-likeness (QED) is 0.384. The zero-order chi connectivity index (χ0) is 27.5. The van der Waals surface area contributed by atoms with Gasteiger partial charge >= 0.3 is 0 Å². The Hall–Kier alpha value is -2.71. The molecule has 2 N–H and O–H groups in total. The molecule has 1 aliphatic heterocycles. The number of rotatable bonds is 7. The molecule has 3 atom stereocenters. The van der Waals surface area contributed by atoms with Crippen LogP contribution in [0.2, 0.25) is 10.0 Å². The van der Waals surface area contributed by atoms with E-state index in [1.165, 1.54) is 0 Å². The summed E-state index contributed by atoms with van der Waals surface area (Å²) in [5, 5.41) is 14.0. The van der Waals surface area contributed by atoms with Gasteiger partial charge in [-0.05, 0) is 67.1 Å². The minimum Gasteiger partial charge on any atom is -0.393 e. The van der Waals surface area contributed by atoms with Crippen LogP contribution in [0.1, 0.15) is 59.1 Å². The summed E-state index contributed by atoms with van der Waals surface area (Å²) in [5.41, 5.74) is 1.76. The molecule has 204 valence electrons. The van der Waals surface area contributed by atoms with Gasteiger partial charge in [0.15, 0.2) is 0 Å². The highest BCUT2D eigenvalue weighted by atomic mass is 35.5. The molecule has 6 nitrogen and oxygen atoms in total. The van der Waals surface area contributed by atoms with Gasteiger partial charge in [0.1, 0.15) is 0 Å². The Morgan fingerprint density at radius 1 is 0.949 bits per heavy atom. The lowest BCUT2D eigenvalue weighted by molar-refractivity contribution is -0.124. The molecule has 1 unspecified atom stereocenters. The molecule has 1 aliphatic carbocycles.